The number of aliphatic hydroxyl groups excluding tert-OH is 2. The smallest absolute Gasteiger partial charge is 0.303 e. The number of ketones is 1. The summed E-state index contributed by atoms with van der Waals surface area (Å²) in [4.78, 5) is 35.5. The average molecular weight is 532 g/mol. The van der Waals surface area contributed by atoms with Crippen molar-refractivity contribution in [3.8, 4) is 28.7 Å². The summed E-state index contributed by atoms with van der Waals surface area (Å²) in [5.41, 5.74) is 0.332. The van der Waals surface area contributed by atoms with Gasteiger partial charge in [0.2, 0.25) is 17.8 Å². The van der Waals surface area contributed by atoms with E-state index in [2.05, 4.69) is 0 Å². The van der Waals surface area contributed by atoms with Crippen molar-refractivity contribution in [2.24, 2.45) is 0 Å². The minimum atomic E-state index is -1.76. The molecule has 2 unspecified atom stereocenters. The van der Waals surface area contributed by atoms with E-state index >= 15 is 0 Å². The summed E-state index contributed by atoms with van der Waals surface area (Å²) in [7, 11) is 0. The van der Waals surface area contributed by atoms with E-state index in [1.165, 1.54) is 36.4 Å². The van der Waals surface area contributed by atoms with Crippen LogP contribution >= 0.6 is 0 Å². The molecule has 202 valence electrons. The van der Waals surface area contributed by atoms with Crippen LogP contribution < -0.4 is 9.47 Å². The fraction of sp³-hybridized carbons (Fsp3) is 0.320. The lowest BCUT2D eigenvalue weighted by Crippen LogP contribution is -2.61. The van der Waals surface area contributed by atoms with E-state index in [0.717, 1.165) is 13.8 Å². The number of carbonyl (C=O) groups is 3. The van der Waals surface area contributed by atoms with Crippen molar-refractivity contribution in [2.45, 2.75) is 44.6 Å². The first-order valence-electron chi connectivity index (χ1n) is 11.3. The maximum absolute atomic E-state index is 12.8. The molecule has 0 aromatic heterocycles. The maximum atomic E-state index is 12.8. The van der Waals surface area contributed by atoms with E-state index in [-0.39, 0.29) is 28.6 Å². The molecule has 0 aliphatic carbocycles. The molecular formula is C25H24O13. The number of phenols is 3. The molecule has 13 heteroatoms. The minimum absolute atomic E-state index is 0.00287. The lowest BCUT2D eigenvalue weighted by Gasteiger charge is -2.41. The molecule has 2 aromatic rings. The number of allylic oxidation sites excluding steroid dienone is 1. The summed E-state index contributed by atoms with van der Waals surface area (Å²) in [6.45, 7) is 1.78. The summed E-state index contributed by atoms with van der Waals surface area (Å²) < 4.78 is 26.6. The number of esters is 2. The predicted octanol–water partition coefficient (Wildman–Crippen LogP) is 0.740. The van der Waals surface area contributed by atoms with Gasteiger partial charge in [0.1, 0.15) is 24.9 Å². The lowest BCUT2D eigenvalue weighted by atomic mass is 9.99. The highest BCUT2D eigenvalue weighted by atomic mass is 16.7. The molecule has 2 aliphatic rings. The number of benzene rings is 2. The summed E-state index contributed by atoms with van der Waals surface area (Å²) >= 11 is 0. The van der Waals surface area contributed by atoms with Crippen molar-refractivity contribution < 1.29 is 63.6 Å². The van der Waals surface area contributed by atoms with Gasteiger partial charge < -0.3 is 49.2 Å². The third-order valence-corrected chi connectivity index (χ3v) is 5.71. The summed E-state index contributed by atoms with van der Waals surface area (Å²) in [5.74, 6) is -4.11. The summed E-state index contributed by atoms with van der Waals surface area (Å²) in [5, 5.41) is 50.9. The van der Waals surface area contributed by atoms with Crippen molar-refractivity contribution in [2.75, 3.05) is 6.61 Å². The number of rotatable bonds is 6. The van der Waals surface area contributed by atoms with Crippen molar-refractivity contribution >= 4 is 23.8 Å². The van der Waals surface area contributed by atoms with Gasteiger partial charge >= 0.3 is 11.9 Å². The molecule has 1 fully saturated rings. The number of fused-ring (bicyclic) bond motifs is 1. The fourth-order valence-corrected chi connectivity index (χ4v) is 3.89. The first kappa shape index (κ1) is 26.7. The maximum Gasteiger partial charge on any atom is 0.303 e. The minimum Gasteiger partial charge on any atom is -0.504 e. The highest BCUT2D eigenvalue weighted by molar-refractivity contribution is 6.15. The van der Waals surface area contributed by atoms with Crippen molar-refractivity contribution in [1.29, 1.82) is 0 Å². The van der Waals surface area contributed by atoms with E-state index in [4.69, 9.17) is 23.7 Å². The first-order chi connectivity index (χ1) is 18.0. The second-order valence-electron chi connectivity index (χ2n) is 8.50. The molecule has 2 aromatic carbocycles. The van der Waals surface area contributed by atoms with Crippen molar-refractivity contribution in [3.05, 3.63) is 47.2 Å². The highest BCUT2D eigenvalue weighted by Crippen LogP contribution is 2.45. The Balaban J connectivity index is 1.56. The molecule has 5 atom stereocenters. The molecule has 1 saturated heterocycles. The highest BCUT2D eigenvalue weighted by Gasteiger charge is 2.48. The molecular weight excluding hydrogens is 508 g/mol. The van der Waals surface area contributed by atoms with E-state index in [9.17, 15) is 39.9 Å². The molecule has 38 heavy (non-hydrogen) atoms. The Hall–Kier alpha value is -4.33. The molecule has 4 rings (SSSR count). The normalized spacial score (nSPS) is 25.4. The van der Waals surface area contributed by atoms with E-state index in [1.807, 2.05) is 0 Å². The van der Waals surface area contributed by atoms with Crippen LogP contribution in [0.2, 0.25) is 0 Å². The van der Waals surface area contributed by atoms with Gasteiger partial charge in [-0.2, -0.15) is 0 Å². The van der Waals surface area contributed by atoms with Gasteiger partial charge in [0.15, 0.2) is 34.9 Å². The Morgan fingerprint density at radius 3 is 2.39 bits per heavy atom. The summed E-state index contributed by atoms with van der Waals surface area (Å²) in [6.07, 6.45) is -6.40. The Morgan fingerprint density at radius 2 is 1.74 bits per heavy atom. The van der Waals surface area contributed by atoms with Gasteiger partial charge in [0, 0.05) is 13.8 Å². The van der Waals surface area contributed by atoms with Crippen LogP contribution in [0.15, 0.2) is 36.1 Å². The molecule has 5 N–H and O–H groups in total. The Bertz CT molecular complexity index is 1300. The number of phenolic OH excluding ortho intramolecular Hbond substituents is 3. The molecule has 0 saturated carbocycles. The van der Waals surface area contributed by atoms with Crippen molar-refractivity contribution in [1.82, 2.24) is 0 Å². The van der Waals surface area contributed by atoms with Crippen LogP contribution in [0.1, 0.15) is 29.8 Å². The van der Waals surface area contributed by atoms with Crippen LogP contribution in [0, 0.1) is 0 Å². The second-order valence-corrected chi connectivity index (χ2v) is 8.50. The number of aromatic hydroxyl groups is 3. The zero-order valence-electron chi connectivity index (χ0n) is 20.1. The van der Waals surface area contributed by atoms with Crippen molar-refractivity contribution in [3.63, 3.8) is 0 Å². The second kappa shape index (κ2) is 10.6. The van der Waals surface area contributed by atoms with E-state index in [1.54, 1.807) is 0 Å². The third kappa shape index (κ3) is 5.34. The van der Waals surface area contributed by atoms with Gasteiger partial charge in [-0.3, -0.25) is 14.4 Å². The topological polar surface area (TPSA) is 199 Å². The monoisotopic (exact) mass is 532 g/mol. The van der Waals surface area contributed by atoms with Crippen LogP contribution in [-0.4, -0.2) is 80.6 Å². The van der Waals surface area contributed by atoms with Gasteiger partial charge in [-0.25, -0.2) is 0 Å². The zero-order valence-corrected chi connectivity index (χ0v) is 20.1. The molecule has 13 nitrogen and oxygen atoms in total. The zero-order chi connectivity index (χ0) is 27.7. The van der Waals surface area contributed by atoms with Crippen LogP contribution in [-0.2, 0) is 23.8 Å². The Labute approximate surface area is 215 Å². The van der Waals surface area contributed by atoms with Crippen LogP contribution in [0.25, 0.3) is 6.08 Å². The summed E-state index contributed by atoms with van der Waals surface area (Å²) in [6, 6.07) is 6.37. The quantitative estimate of drug-likeness (QED) is 0.198. The third-order valence-electron chi connectivity index (χ3n) is 5.71. The van der Waals surface area contributed by atoms with Gasteiger partial charge in [-0.05, 0) is 35.9 Å². The van der Waals surface area contributed by atoms with Crippen LogP contribution in [0.5, 0.6) is 28.7 Å². The Kier molecular flexibility index (Phi) is 7.44. The SMILES string of the molecule is CC(=O)OCC1O[C@@H](Oc2ccc3c(c2O)OC(=Cc2ccc(O)c(O)c2)C3=O)C(O)[C@@H](O)[C@@H]1OC(C)=O. The molecule has 2 aliphatic heterocycles. The predicted molar refractivity (Wildman–Crippen MR) is 124 cm³/mol. The largest absolute Gasteiger partial charge is 0.504 e. The Morgan fingerprint density at radius 1 is 1.00 bits per heavy atom. The molecule has 0 bridgehead atoms. The van der Waals surface area contributed by atoms with Gasteiger partial charge in [0.05, 0.1) is 5.56 Å². The number of hydrogen-bond donors (Lipinski definition) is 5. The standard InChI is InChI=1S/C25H24O13/c1-10(26)34-9-18-24(35-11(2)27)21(32)22(33)25(38-18)37-16-6-4-13-19(30)17(36-23(13)20(16)31)8-12-3-5-14(28)15(29)7-12/h3-8,18,21-22,24-25,28-29,31-33H,9H2,1-2H3/t18?,21-,22?,24-,25-/m1/s1. The average Bonchev–Trinajstić information content (AvgIpc) is 3.17. The number of aliphatic hydroxyl groups is 2. The van der Waals surface area contributed by atoms with Crippen LogP contribution in [0.3, 0.4) is 0 Å². The van der Waals surface area contributed by atoms with E-state index in [0.29, 0.717) is 5.56 Å². The van der Waals surface area contributed by atoms with Gasteiger partial charge in [-0.1, -0.05) is 6.07 Å². The van der Waals surface area contributed by atoms with E-state index < -0.39 is 66.5 Å². The fourth-order valence-electron chi connectivity index (χ4n) is 3.89. The van der Waals surface area contributed by atoms with Gasteiger partial charge in [0.25, 0.3) is 0 Å². The number of Topliss-reactive ketones (excluding diaryl/α,β-unsaturated/α-hetero) is 1. The first-order valence-corrected chi connectivity index (χ1v) is 11.3. The number of ether oxygens (including phenoxy) is 5. The number of carbonyl (C=O) groups excluding carboxylic acids is 3. The molecule has 0 amide bonds. The lowest BCUT2D eigenvalue weighted by molar-refractivity contribution is -0.282. The molecule has 0 spiro atoms. The molecule has 2 heterocycles. The van der Waals surface area contributed by atoms with Crippen LogP contribution in [0.4, 0.5) is 0 Å². The number of hydrogen-bond acceptors (Lipinski definition) is 13. The van der Waals surface area contributed by atoms with Gasteiger partial charge in [-0.15, -0.1) is 0 Å². The molecule has 0 radical (unpaired) electrons.